The predicted octanol–water partition coefficient (Wildman–Crippen LogP) is 4.44. The highest BCUT2D eigenvalue weighted by Gasteiger charge is 2.37. The zero-order chi connectivity index (χ0) is 25.0. The number of ether oxygens (including phenoxy) is 1. The van der Waals surface area contributed by atoms with Crippen LogP contribution in [-0.4, -0.2) is 34.8 Å². The first-order valence-corrected chi connectivity index (χ1v) is 11.7. The lowest BCUT2D eigenvalue weighted by Crippen LogP contribution is -2.45. The third kappa shape index (κ3) is 5.85. The molecule has 0 radical (unpaired) electrons. The monoisotopic (exact) mass is 475 g/mol. The summed E-state index contributed by atoms with van der Waals surface area (Å²) < 4.78 is 20.0. The molecular weight excluding hydrogens is 445 g/mol. The number of hydrogen-bond acceptors (Lipinski definition) is 4. The van der Waals surface area contributed by atoms with Crippen LogP contribution in [0.25, 0.3) is 0 Å². The molecule has 182 valence electrons. The van der Waals surface area contributed by atoms with Gasteiger partial charge in [-0.1, -0.05) is 39.0 Å². The number of fused-ring (bicyclic) bond motifs is 1. The maximum atomic E-state index is 14.2. The van der Waals surface area contributed by atoms with E-state index >= 15 is 0 Å². The minimum Gasteiger partial charge on any atom is -0.484 e. The van der Waals surface area contributed by atoms with Gasteiger partial charge in [0.05, 0.1) is 6.04 Å². The lowest BCUT2D eigenvalue weighted by Gasteiger charge is -2.41. The van der Waals surface area contributed by atoms with E-state index in [1.807, 2.05) is 62.1 Å². The van der Waals surface area contributed by atoms with E-state index in [9.17, 15) is 14.0 Å². The maximum absolute atomic E-state index is 14.2. The average molecular weight is 476 g/mol. The van der Waals surface area contributed by atoms with E-state index in [4.69, 9.17) is 4.74 Å². The third-order valence-corrected chi connectivity index (χ3v) is 6.02. The van der Waals surface area contributed by atoms with E-state index in [1.165, 1.54) is 12.1 Å². The Morgan fingerprint density at radius 2 is 1.89 bits per heavy atom. The molecule has 1 aliphatic rings. The summed E-state index contributed by atoms with van der Waals surface area (Å²) in [6, 6.07) is 15.3. The third-order valence-electron chi connectivity index (χ3n) is 6.02. The largest absolute Gasteiger partial charge is 0.484 e. The number of nitrogens with one attached hydrogen (secondary N) is 1. The smallest absolute Gasteiger partial charge is 0.258 e. The Hall–Kier alpha value is -3.74. The highest BCUT2D eigenvalue weighted by Crippen LogP contribution is 2.39. The van der Waals surface area contributed by atoms with Crippen LogP contribution in [0.4, 0.5) is 4.39 Å². The Morgan fingerprint density at radius 1 is 1.11 bits per heavy atom. The second kappa shape index (κ2) is 10.3. The normalized spacial score (nSPS) is 15.3. The molecule has 0 aliphatic carbocycles. The topological polar surface area (TPSA) is 71.5 Å². The molecule has 0 spiro atoms. The van der Waals surface area contributed by atoms with Gasteiger partial charge < -0.3 is 15.0 Å². The van der Waals surface area contributed by atoms with Crippen molar-refractivity contribution in [1.82, 2.24) is 15.2 Å². The van der Waals surface area contributed by atoms with Gasteiger partial charge in [-0.25, -0.2) is 4.39 Å². The standard InChI is InChI=1S/C28H30FN3O3/c1-28(2,3)27(34)32-14-11-20-7-8-23(16-24(20)26(32)21-5-4-6-22(29)15-21)35-18-25(33)31-17-19-9-12-30-13-10-19/h4-10,12-13,15-16,26H,11,14,17-18H2,1-3H3,(H,31,33). The van der Waals surface area contributed by atoms with Gasteiger partial charge in [0.25, 0.3) is 5.91 Å². The van der Waals surface area contributed by atoms with Gasteiger partial charge in [0.2, 0.25) is 5.91 Å². The van der Waals surface area contributed by atoms with Crippen molar-refractivity contribution in [2.75, 3.05) is 13.2 Å². The minimum absolute atomic E-state index is 0.000720. The number of amides is 2. The molecule has 0 saturated heterocycles. The molecule has 0 bridgehead atoms. The summed E-state index contributed by atoms with van der Waals surface area (Å²) >= 11 is 0. The van der Waals surface area contributed by atoms with Crippen LogP contribution in [0.3, 0.4) is 0 Å². The van der Waals surface area contributed by atoms with E-state index in [2.05, 4.69) is 10.3 Å². The zero-order valence-electron chi connectivity index (χ0n) is 20.3. The number of hydrogen-bond donors (Lipinski definition) is 1. The predicted molar refractivity (Wildman–Crippen MR) is 131 cm³/mol. The van der Waals surface area contributed by atoms with Crippen LogP contribution in [0.2, 0.25) is 0 Å². The number of halogens is 1. The van der Waals surface area contributed by atoms with E-state index in [0.29, 0.717) is 30.8 Å². The Kier molecular flexibility index (Phi) is 7.15. The summed E-state index contributed by atoms with van der Waals surface area (Å²) in [5.74, 6) is -0.0738. The van der Waals surface area contributed by atoms with Crippen molar-refractivity contribution in [2.45, 2.75) is 39.8 Å². The molecule has 0 saturated carbocycles. The minimum atomic E-state index is -0.579. The molecule has 3 aromatic rings. The molecule has 1 aliphatic heterocycles. The number of pyridine rings is 1. The van der Waals surface area contributed by atoms with Gasteiger partial charge in [0.15, 0.2) is 6.61 Å². The lowest BCUT2D eigenvalue weighted by molar-refractivity contribution is -0.141. The summed E-state index contributed by atoms with van der Waals surface area (Å²) in [5.41, 5.74) is 3.03. The second-order valence-corrected chi connectivity index (χ2v) is 9.74. The number of carbonyl (C=O) groups excluding carboxylic acids is 2. The van der Waals surface area contributed by atoms with Crippen LogP contribution >= 0.6 is 0 Å². The highest BCUT2D eigenvalue weighted by molar-refractivity contribution is 5.83. The Balaban J connectivity index is 1.55. The molecule has 4 rings (SSSR count). The molecule has 1 atom stereocenters. The van der Waals surface area contributed by atoms with Crippen molar-refractivity contribution in [1.29, 1.82) is 0 Å². The first-order chi connectivity index (χ1) is 16.7. The van der Waals surface area contributed by atoms with Crippen LogP contribution in [0.15, 0.2) is 67.0 Å². The molecular formula is C28H30FN3O3. The Bertz CT molecular complexity index is 1210. The zero-order valence-corrected chi connectivity index (χ0v) is 20.3. The number of rotatable bonds is 6. The lowest BCUT2D eigenvalue weighted by atomic mass is 9.85. The van der Waals surface area contributed by atoms with Crippen LogP contribution < -0.4 is 10.1 Å². The van der Waals surface area contributed by atoms with E-state index in [0.717, 1.165) is 16.7 Å². The summed E-state index contributed by atoms with van der Waals surface area (Å²) in [5, 5.41) is 2.82. The van der Waals surface area contributed by atoms with Crippen LogP contribution in [0.5, 0.6) is 5.75 Å². The average Bonchev–Trinajstić information content (AvgIpc) is 2.85. The molecule has 1 aromatic heterocycles. The summed E-state index contributed by atoms with van der Waals surface area (Å²) in [6.45, 7) is 6.45. The molecule has 2 aromatic carbocycles. The maximum Gasteiger partial charge on any atom is 0.258 e. The Morgan fingerprint density at radius 3 is 2.60 bits per heavy atom. The highest BCUT2D eigenvalue weighted by atomic mass is 19.1. The fourth-order valence-electron chi connectivity index (χ4n) is 4.27. The number of benzene rings is 2. The SMILES string of the molecule is CC(C)(C)C(=O)N1CCc2ccc(OCC(=O)NCc3ccncc3)cc2C1c1cccc(F)c1. The van der Waals surface area contributed by atoms with E-state index in [1.54, 1.807) is 18.5 Å². The number of aromatic nitrogens is 1. The molecule has 0 fully saturated rings. The number of carbonyl (C=O) groups is 2. The molecule has 2 amide bonds. The van der Waals surface area contributed by atoms with Gasteiger partial charge in [-0.05, 0) is 65.1 Å². The van der Waals surface area contributed by atoms with Crippen LogP contribution in [-0.2, 0) is 22.6 Å². The van der Waals surface area contributed by atoms with Gasteiger partial charge in [-0.15, -0.1) is 0 Å². The Labute approximate surface area is 205 Å². The summed E-state index contributed by atoms with van der Waals surface area (Å²) in [4.78, 5) is 31.4. The molecule has 35 heavy (non-hydrogen) atoms. The van der Waals surface area contributed by atoms with E-state index < -0.39 is 11.5 Å². The van der Waals surface area contributed by atoms with Gasteiger partial charge in [-0.3, -0.25) is 14.6 Å². The van der Waals surface area contributed by atoms with Crippen molar-refractivity contribution >= 4 is 11.8 Å². The first-order valence-electron chi connectivity index (χ1n) is 11.7. The quantitative estimate of drug-likeness (QED) is 0.572. The van der Waals surface area contributed by atoms with Crippen LogP contribution in [0, 0.1) is 11.2 Å². The van der Waals surface area contributed by atoms with Crippen molar-refractivity contribution in [3.63, 3.8) is 0 Å². The fourth-order valence-corrected chi connectivity index (χ4v) is 4.27. The van der Waals surface area contributed by atoms with Gasteiger partial charge in [-0.2, -0.15) is 0 Å². The van der Waals surface area contributed by atoms with Gasteiger partial charge >= 0.3 is 0 Å². The van der Waals surface area contributed by atoms with Crippen molar-refractivity contribution < 1.29 is 18.7 Å². The summed E-state index contributed by atoms with van der Waals surface area (Å²) in [6.07, 6.45) is 4.04. The van der Waals surface area contributed by atoms with Gasteiger partial charge in [0, 0.05) is 30.9 Å². The van der Waals surface area contributed by atoms with E-state index in [-0.39, 0.29) is 24.2 Å². The van der Waals surface area contributed by atoms with Crippen molar-refractivity contribution in [3.05, 3.63) is 95.1 Å². The molecule has 1 unspecified atom stereocenters. The molecule has 7 heteroatoms. The summed E-state index contributed by atoms with van der Waals surface area (Å²) in [7, 11) is 0. The van der Waals surface area contributed by atoms with Crippen LogP contribution in [0.1, 0.15) is 49.1 Å². The first kappa shape index (κ1) is 24.4. The van der Waals surface area contributed by atoms with Gasteiger partial charge in [0.1, 0.15) is 11.6 Å². The van der Waals surface area contributed by atoms with Crippen molar-refractivity contribution in [2.24, 2.45) is 5.41 Å². The molecule has 6 nitrogen and oxygen atoms in total. The molecule has 2 heterocycles. The second-order valence-electron chi connectivity index (χ2n) is 9.74. The molecule has 1 N–H and O–H groups in total. The fraction of sp³-hybridized carbons (Fsp3) is 0.321. The van der Waals surface area contributed by atoms with Crippen molar-refractivity contribution in [3.8, 4) is 5.75 Å². The number of nitrogens with zero attached hydrogens (tertiary/aromatic N) is 2.